The molecular weight excluding hydrogens is 382 g/mol. The number of hydrogen-bond acceptors (Lipinski definition) is 6. The van der Waals surface area contributed by atoms with Gasteiger partial charge in [0.2, 0.25) is 5.91 Å². The maximum absolute atomic E-state index is 12.5. The van der Waals surface area contributed by atoms with Crippen LogP contribution in [0.25, 0.3) is 10.8 Å². The van der Waals surface area contributed by atoms with Crippen molar-refractivity contribution in [2.75, 3.05) is 37.6 Å². The number of amides is 1. The number of aromatic nitrogens is 1. The van der Waals surface area contributed by atoms with Crippen LogP contribution in [-0.2, 0) is 4.79 Å². The smallest absolute Gasteiger partial charge is 0.278 e. The van der Waals surface area contributed by atoms with Gasteiger partial charge >= 0.3 is 0 Å². The average molecular weight is 412 g/mol. The number of fused-ring (bicyclic) bond motifs is 1. The van der Waals surface area contributed by atoms with E-state index in [1.807, 2.05) is 12.1 Å². The van der Waals surface area contributed by atoms with Crippen LogP contribution in [0.1, 0.15) is 32.6 Å². The molecule has 8 nitrogen and oxygen atoms in total. The third-order valence-corrected chi connectivity index (χ3v) is 6.35. The van der Waals surface area contributed by atoms with E-state index >= 15 is 0 Å². The van der Waals surface area contributed by atoms with Crippen LogP contribution in [0.5, 0.6) is 0 Å². The highest BCUT2D eigenvalue weighted by Gasteiger charge is 2.24. The molecule has 2 fully saturated rings. The lowest BCUT2D eigenvalue weighted by Gasteiger charge is -2.36. The van der Waals surface area contributed by atoms with Crippen LogP contribution in [0.15, 0.2) is 30.6 Å². The zero-order valence-electron chi connectivity index (χ0n) is 17.4. The number of nitrogens with zero attached hydrogens (tertiary/aromatic N) is 4. The first-order valence-corrected chi connectivity index (χ1v) is 10.8. The Morgan fingerprint density at radius 3 is 2.73 bits per heavy atom. The Labute approximate surface area is 176 Å². The third-order valence-electron chi connectivity index (χ3n) is 6.35. The normalized spacial score (nSPS) is 22.8. The Kier molecular flexibility index (Phi) is 6.13. The summed E-state index contributed by atoms with van der Waals surface area (Å²) in [6, 6.07) is 5.54. The molecule has 1 aliphatic heterocycles. The number of hydrogen-bond donors (Lipinski definition) is 1. The molecule has 1 amide bonds. The van der Waals surface area contributed by atoms with E-state index in [1.54, 1.807) is 18.5 Å². The summed E-state index contributed by atoms with van der Waals surface area (Å²) in [7, 11) is 0. The summed E-state index contributed by atoms with van der Waals surface area (Å²) in [5.41, 5.74) is 1.06. The van der Waals surface area contributed by atoms with Gasteiger partial charge in [0.25, 0.3) is 5.69 Å². The number of nitrogens with one attached hydrogen (secondary N) is 1. The Bertz CT molecular complexity index is 926. The first-order valence-electron chi connectivity index (χ1n) is 10.8. The van der Waals surface area contributed by atoms with Crippen LogP contribution in [0.3, 0.4) is 0 Å². The highest BCUT2D eigenvalue weighted by molar-refractivity contribution is 5.99. The molecule has 2 aliphatic rings. The lowest BCUT2D eigenvalue weighted by molar-refractivity contribution is -0.383. The zero-order chi connectivity index (χ0) is 21.1. The molecule has 2 unspecified atom stereocenters. The van der Waals surface area contributed by atoms with Crippen LogP contribution in [0.2, 0.25) is 0 Å². The summed E-state index contributed by atoms with van der Waals surface area (Å²) in [5, 5.41) is 15.9. The topological polar surface area (TPSA) is 91.6 Å². The first-order chi connectivity index (χ1) is 14.5. The van der Waals surface area contributed by atoms with E-state index in [9.17, 15) is 14.9 Å². The van der Waals surface area contributed by atoms with Crippen molar-refractivity contribution in [3.05, 3.63) is 40.7 Å². The predicted molar refractivity (Wildman–Crippen MR) is 117 cm³/mol. The van der Waals surface area contributed by atoms with Gasteiger partial charge in [-0.25, -0.2) is 0 Å². The van der Waals surface area contributed by atoms with Crippen LogP contribution < -0.4 is 10.2 Å². The fourth-order valence-electron chi connectivity index (χ4n) is 4.78. The van der Waals surface area contributed by atoms with Crippen molar-refractivity contribution in [1.29, 1.82) is 0 Å². The van der Waals surface area contributed by atoms with Crippen LogP contribution in [0, 0.1) is 16.0 Å². The number of nitro groups is 1. The largest absolute Gasteiger partial charge is 0.368 e. The minimum absolute atomic E-state index is 0.0780. The van der Waals surface area contributed by atoms with Crippen molar-refractivity contribution in [2.45, 2.75) is 38.6 Å². The maximum atomic E-state index is 12.5. The molecule has 30 heavy (non-hydrogen) atoms. The van der Waals surface area contributed by atoms with Crippen molar-refractivity contribution < 1.29 is 9.72 Å². The van der Waals surface area contributed by atoms with Crippen LogP contribution in [-0.4, -0.2) is 59.5 Å². The zero-order valence-corrected chi connectivity index (χ0v) is 17.4. The van der Waals surface area contributed by atoms with Gasteiger partial charge in [0.05, 0.1) is 16.9 Å². The van der Waals surface area contributed by atoms with Crippen LogP contribution >= 0.6 is 0 Å². The Hall–Kier alpha value is -2.74. The maximum Gasteiger partial charge on any atom is 0.278 e. The quantitative estimate of drug-likeness (QED) is 0.601. The van der Waals surface area contributed by atoms with Gasteiger partial charge in [-0.15, -0.1) is 0 Å². The van der Waals surface area contributed by atoms with Crippen molar-refractivity contribution in [1.82, 2.24) is 15.2 Å². The molecule has 8 heteroatoms. The minimum Gasteiger partial charge on any atom is -0.368 e. The molecule has 1 aromatic carbocycles. The summed E-state index contributed by atoms with van der Waals surface area (Å²) >= 11 is 0. The van der Waals surface area contributed by atoms with Crippen molar-refractivity contribution >= 4 is 28.1 Å². The van der Waals surface area contributed by atoms with Crippen molar-refractivity contribution in [3.8, 4) is 0 Å². The Balaban J connectivity index is 1.36. The number of carbonyl (C=O) groups excluding carboxylic acids is 1. The molecule has 1 N–H and O–H groups in total. The highest BCUT2D eigenvalue weighted by Crippen LogP contribution is 2.33. The number of pyridine rings is 1. The van der Waals surface area contributed by atoms with Gasteiger partial charge in [-0.1, -0.05) is 19.8 Å². The lowest BCUT2D eigenvalue weighted by atomic mass is 9.87. The average Bonchev–Trinajstić information content (AvgIpc) is 2.73. The summed E-state index contributed by atoms with van der Waals surface area (Å²) in [5.74, 6) is 0.814. The Morgan fingerprint density at radius 2 is 2.00 bits per heavy atom. The molecule has 0 spiro atoms. The summed E-state index contributed by atoms with van der Waals surface area (Å²) < 4.78 is 0. The molecule has 0 radical (unpaired) electrons. The minimum atomic E-state index is -0.364. The fourth-order valence-corrected chi connectivity index (χ4v) is 4.78. The number of non-ortho nitro benzene ring substituents is 1. The van der Waals surface area contributed by atoms with E-state index in [4.69, 9.17) is 0 Å². The van der Waals surface area contributed by atoms with Gasteiger partial charge in [0.15, 0.2) is 0 Å². The Morgan fingerprint density at radius 1 is 1.20 bits per heavy atom. The number of anilines is 1. The SMILES string of the molecule is CC1CCCC(NC(=O)CN2CCN(c3ccc([N+](=O)[O-])c4cnccc34)CC2)C1. The number of carbonyl (C=O) groups is 1. The number of rotatable bonds is 5. The van der Waals surface area contributed by atoms with Gasteiger partial charge < -0.3 is 10.2 Å². The monoisotopic (exact) mass is 411 g/mol. The number of nitro benzene ring substituents is 1. The molecule has 1 saturated carbocycles. The molecular formula is C22H29N5O3. The van der Waals surface area contributed by atoms with Gasteiger partial charge in [-0.2, -0.15) is 0 Å². The lowest BCUT2D eigenvalue weighted by Crippen LogP contribution is -2.51. The van der Waals surface area contributed by atoms with Crippen molar-refractivity contribution in [3.63, 3.8) is 0 Å². The van der Waals surface area contributed by atoms with Crippen molar-refractivity contribution in [2.24, 2.45) is 5.92 Å². The van der Waals surface area contributed by atoms with Gasteiger partial charge in [-0.05, 0) is 30.9 Å². The molecule has 1 aliphatic carbocycles. The molecule has 160 valence electrons. The van der Waals surface area contributed by atoms with Gasteiger partial charge in [0, 0.05) is 61.8 Å². The molecule has 1 aromatic heterocycles. The first kappa shape index (κ1) is 20.5. The van der Waals surface area contributed by atoms with E-state index in [2.05, 4.69) is 27.0 Å². The molecule has 4 rings (SSSR count). The van der Waals surface area contributed by atoms with E-state index in [1.165, 1.54) is 12.8 Å². The second-order valence-corrected chi connectivity index (χ2v) is 8.58. The molecule has 2 heterocycles. The van der Waals surface area contributed by atoms with E-state index < -0.39 is 0 Å². The molecule has 1 saturated heterocycles. The van der Waals surface area contributed by atoms with E-state index in [-0.39, 0.29) is 16.5 Å². The highest BCUT2D eigenvalue weighted by atomic mass is 16.6. The fraction of sp³-hybridized carbons (Fsp3) is 0.545. The van der Waals surface area contributed by atoms with Gasteiger partial charge in [-0.3, -0.25) is 24.8 Å². The molecule has 0 bridgehead atoms. The summed E-state index contributed by atoms with van der Waals surface area (Å²) in [6.45, 7) is 5.83. The number of benzene rings is 1. The van der Waals surface area contributed by atoms with Gasteiger partial charge in [0.1, 0.15) is 0 Å². The second kappa shape index (κ2) is 8.95. The third kappa shape index (κ3) is 4.53. The molecule has 2 atom stereocenters. The van der Waals surface area contributed by atoms with E-state index in [0.717, 1.165) is 50.1 Å². The van der Waals surface area contributed by atoms with E-state index in [0.29, 0.717) is 23.9 Å². The second-order valence-electron chi connectivity index (χ2n) is 8.58. The summed E-state index contributed by atoms with van der Waals surface area (Å²) in [4.78, 5) is 31.9. The number of piperazine rings is 1. The molecule has 2 aromatic rings. The van der Waals surface area contributed by atoms with Crippen LogP contribution in [0.4, 0.5) is 11.4 Å². The predicted octanol–water partition coefficient (Wildman–Crippen LogP) is 2.96. The standard InChI is InChI=1S/C22H29N5O3/c1-16-3-2-4-17(13-16)24-22(28)15-25-9-11-26(12-10-25)20-5-6-21(27(29)30)19-14-23-8-7-18(19)20/h5-8,14,16-17H,2-4,9-13,15H2,1H3,(H,24,28). The summed E-state index contributed by atoms with van der Waals surface area (Å²) in [6.07, 6.45) is 7.87.